The van der Waals surface area contributed by atoms with E-state index in [1.54, 1.807) is 24.5 Å². The van der Waals surface area contributed by atoms with Crippen molar-refractivity contribution in [2.45, 2.75) is 7.43 Å². The molecule has 1 aromatic rings. The minimum atomic E-state index is -1.22. The van der Waals surface area contributed by atoms with Crippen molar-refractivity contribution in [3.63, 3.8) is 0 Å². The van der Waals surface area contributed by atoms with Crippen molar-refractivity contribution >= 4 is 18.0 Å². The number of hydrogen-bond acceptors (Lipinski definition) is 4. The van der Waals surface area contributed by atoms with Crippen LogP contribution in [0.1, 0.15) is 17.8 Å². The van der Waals surface area contributed by atoms with Crippen LogP contribution in [-0.2, 0) is 0 Å². The molecule has 0 saturated carbocycles. The zero-order chi connectivity index (χ0) is 8.97. The minimum absolute atomic E-state index is 0. The fourth-order valence-electron chi connectivity index (χ4n) is 0.798. The van der Waals surface area contributed by atoms with Gasteiger partial charge in [0.25, 0.3) is 0 Å². The Morgan fingerprint density at radius 1 is 1.43 bits per heavy atom. The number of para-hydroxylation sites is 1. The first kappa shape index (κ1) is 16.3. The van der Waals surface area contributed by atoms with Crippen molar-refractivity contribution in [1.82, 2.24) is 0 Å². The molecule has 0 bridgehead atoms. The summed E-state index contributed by atoms with van der Waals surface area (Å²) in [7, 11) is 0. The van der Waals surface area contributed by atoms with E-state index in [0.29, 0.717) is 5.75 Å². The van der Waals surface area contributed by atoms with E-state index >= 15 is 0 Å². The normalized spacial score (nSPS) is 8.07. The molecule has 0 N–H and O–H groups in total. The molecule has 0 radical (unpaired) electrons. The van der Waals surface area contributed by atoms with E-state index in [2.05, 4.69) is 0 Å². The van der Waals surface area contributed by atoms with Gasteiger partial charge in [0, 0.05) is 11.8 Å². The molecule has 0 saturated heterocycles. The van der Waals surface area contributed by atoms with Crippen molar-refractivity contribution in [2.75, 3.05) is 6.26 Å². The second-order valence-corrected chi connectivity index (χ2v) is 2.53. The first-order chi connectivity index (χ1) is 5.75. The molecule has 0 atom stereocenters. The summed E-state index contributed by atoms with van der Waals surface area (Å²) in [6.45, 7) is 0. The van der Waals surface area contributed by atoms with Gasteiger partial charge in [-0.05, 0) is 12.1 Å². The van der Waals surface area contributed by atoms with E-state index in [4.69, 9.17) is 4.18 Å². The maximum Gasteiger partial charge on any atom is 1.00 e. The summed E-state index contributed by atoms with van der Waals surface area (Å²) in [5, 5.41) is 10.5. The number of aromatic carboxylic acids is 1. The first-order valence-corrected chi connectivity index (χ1v) is 4.41. The Morgan fingerprint density at radius 2 is 2.00 bits per heavy atom. The van der Waals surface area contributed by atoms with Crippen molar-refractivity contribution < 1.29 is 43.6 Å². The van der Waals surface area contributed by atoms with Crippen LogP contribution in [-0.4, -0.2) is 12.2 Å². The van der Waals surface area contributed by atoms with Crippen LogP contribution < -0.4 is 38.8 Å². The number of benzene rings is 1. The molecule has 0 aromatic heterocycles. The van der Waals surface area contributed by atoms with Gasteiger partial charge in [0.1, 0.15) is 5.75 Å². The number of carboxylic acid groups (broad SMARTS) is 1. The van der Waals surface area contributed by atoms with Gasteiger partial charge in [0.15, 0.2) is 0 Å². The molecular weight excluding hydrogens is 211 g/mol. The van der Waals surface area contributed by atoms with E-state index in [-0.39, 0.29) is 42.5 Å². The molecule has 0 aliphatic rings. The van der Waals surface area contributed by atoms with Gasteiger partial charge < -0.3 is 14.1 Å². The van der Waals surface area contributed by atoms with Crippen LogP contribution in [0.4, 0.5) is 0 Å². The van der Waals surface area contributed by atoms with Gasteiger partial charge >= 0.3 is 29.6 Å². The second kappa shape index (κ2) is 8.17. The van der Waals surface area contributed by atoms with E-state index in [9.17, 15) is 9.90 Å². The predicted octanol–water partition coefficient (Wildman–Crippen LogP) is -1.65. The van der Waals surface area contributed by atoms with Gasteiger partial charge in [0.2, 0.25) is 0 Å². The predicted molar refractivity (Wildman–Crippen MR) is 51.6 cm³/mol. The zero-order valence-electron chi connectivity index (χ0n) is 7.44. The largest absolute Gasteiger partial charge is 1.00 e. The fraction of sp³-hybridized carbons (Fsp3) is 0.222. The first-order valence-electron chi connectivity index (χ1n) is 3.26. The SMILES string of the molecule is C.CSOc1ccccc1C(=O)[O-].[Na+]. The van der Waals surface area contributed by atoms with Crippen LogP contribution in [0.25, 0.3) is 0 Å². The molecule has 0 aliphatic heterocycles. The van der Waals surface area contributed by atoms with E-state index < -0.39 is 5.97 Å². The van der Waals surface area contributed by atoms with Gasteiger partial charge in [-0.15, -0.1) is 0 Å². The Morgan fingerprint density at radius 3 is 2.50 bits per heavy atom. The minimum Gasteiger partial charge on any atom is -0.545 e. The van der Waals surface area contributed by atoms with Crippen LogP contribution in [0.5, 0.6) is 5.75 Å². The molecular formula is C9H11NaO3S. The summed E-state index contributed by atoms with van der Waals surface area (Å²) in [4.78, 5) is 10.5. The van der Waals surface area contributed by atoms with Crippen molar-refractivity contribution in [1.29, 1.82) is 0 Å². The van der Waals surface area contributed by atoms with Crippen molar-refractivity contribution in [3.05, 3.63) is 29.8 Å². The van der Waals surface area contributed by atoms with E-state index in [1.165, 1.54) is 6.07 Å². The number of carbonyl (C=O) groups excluding carboxylic acids is 1. The summed E-state index contributed by atoms with van der Waals surface area (Å²) >= 11 is 1.10. The summed E-state index contributed by atoms with van der Waals surface area (Å²) in [5.74, 6) is -0.898. The van der Waals surface area contributed by atoms with Crippen molar-refractivity contribution in [2.24, 2.45) is 0 Å². The summed E-state index contributed by atoms with van der Waals surface area (Å²) in [6, 6.07) is 6.36. The van der Waals surface area contributed by atoms with Gasteiger partial charge in [-0.3, -0.25) is 0 Å². The molecule has 0 spiro atoms. The molecule has 5 heteroatoms. The van der Waals surface area contributed by atoms with Crippen LogP contribution in [0.15, 0.2) is 24.3 Å². The third-order valence-corrected chi connectivity index (χ3v) is 1.63. The molecule has 72 valence electrons. The quantitative estimate of drug-likeness (QED) is 0.454. The molecule has 0 heterocycles. The molecule has 1 aromatic carbocycles. The van der Waals surface area contributed by atoms with E-state index in [1.807, 2.05) is 0 Å². The molecule has 0 fully saturated rings. The zero-order valence-corrected chi connectivity index (χ0v) is 10.3. The number of rotatable bonds is 3. The standard InChI is InChI=1S/C8H8O3S.CH4.Na/c1-12-11-7-5-3-2-4-6(7)8(9)10;;/h2-5H,1H3,(H,9,10);1H4;/q;;+1/p-1. The number of carboxylic acids is 1. The summed E-state index contributed by atoms with van der Waals surface area (Å²) < 4.78 is 4.99. The Labute approximate surface area is 110 Å². The average Bonchev–Trinajstić information content (AvgIpc) is 2.05. The maximum absolute atomic E-state index is 10.5. The van der Waals surface area contributed by atoms with Crippen LogP contribution in [0.3, 0.4) is 0 Å². The second-order valence-electron chi connectivity index (χ2n) is 2.03. The Hall–Kier alpha value is -0.160. The van der Waals surface area contributed by atoms with Crippen LogP contribution in [0.2, 0.25) is 0 Å². The number of carbonyl (C=O) groups is 1. The van der Waals surface area contributed by atoms with Gasteiger partial charge in [-0.25, -0.2) is 0 Å². The van der Waals surface area contributed by atoms with Gasteiger partial charge in [0.05, 0.1) is 18.0 Å². The third-order valence-electron chi connectivity index (χ3n) is 1.28. The van der Waals surface area contributed by atoms with Gasteiger partial charge in [-0.2, -0.15) is 0 Å². The number of hydrogen-bond donors (Lipinski definition) is 0. The third kappa shape index (κ3) is 4.37. The van der Waals surface area contributed by atoms with Gasteiger partial charge in [-0.1, -0.05) is 19.6 Å². The monoisotopic (exact) mass is 222 g/mol. The summed E-state index contributed by atoms with van der Waals surface area (Å²) in [5.41, 5.74) is 0.0758. The molecule has 0 unspecified atom stereocenters. The smallest absolute Gasteiger partial charge is 0.545 e. The van der Waals surface area contributed by atoms with Crippen LogP contribution >= 0.6 is 12.0 Å². The average molecular weight is 222 g/mol. The Bertz CT molecular complexity index is 291. The molecule has 0 amide bonds. The molecule has 3 nitrogen and oxygen atoms in total. The maximum atomic E-state index is 10.5. The summed E-state index contributed by atoms with van der Waals surface area (Å²) in [6.07, 6.45) is 1.71. The van der Waals surface area contributed by atoms with Crippen LogP contribution in [0, 0.1) is 0 Å². The Kier molecular flexibility index (Phi) is 9.50. The topological polar surface area (TPSA) is 49.4 Å². The van der Waals surface area contributed by atoms with Crippen molar-refractivity contribution in [3.8, 4) is 5.75 Å². The molecule has 14 heavy (non-hydrogen) atoms. The Balaban J connectivity index is 0. The molecule has 1 rings (SSSR count). The van der Waals surface area contributed by atoms with E-state index in [0.717, 1.165) is 12.0 Å². The fourth-order valence-corrected chi connectivity index (χ4v) is 1.12. The molecule has 0 aliphatic carbocycles.